The van der Waals surface area contributed by atoms with Crippen molar-refractivity contribution in [3.05, 3.63) is 76.9 Å². The van der Waals surface area contributed by atoms with E-state index < -0.39 is 0 Å². The van der Waals surface area contributed by atoms with E-state index >= 15 is 0 Å². The summed E-state index contributed by atoms with van der Waals surface area (Å²) in [5.74, 6) is 0.218. The van der Waals surface area contributed by atoms with Gasteiger partial charge in [-0.1, -0.05) is 18.2 Å². The number of nitrogens with two attached hydrogens (primary N) is 1. The standard InChI is InChI=1S/C23H20FN3O2S/c1-29-16-8-6-15(7-9-16)19-11-10-17-20(25)21(30-23(17)27-19)22(28)26-13-12-14-4-2-3-5-18(14)24/h2-11H,12-13,25H2,1H3,(H,26,28). The predicted octanol–water partition coefficient (Wildman–Crippen LogP) is 4.67. The van der Waals surface area contributed by atoms with Crippen LogP contribution in [0, 0.1) is 5.82 Å². The molecule has 2 heterocycles. The number of nitrogen functional groups attached to an aromatic ring is 1. The molecule has 4 rings (SSSR count). The number of fused-ring (bicyclic) bond motifs is 1. The predicted molar refractivity (Wildman–Crippen MR) is 118 cm³/mol. The topological polar surface area (TPSA) is 77.2 Å². The number of benzene rings is 2. The first-order valence-corrected chi connectivity index (χ1v) is 10.2. The molecule has 0 saturated carbocycles. The molecule has 7 heteroatoms. The number of pyridine rings is 1. The molecular weight excluding hydrogens is 401 g/mol. The number of rotatable bonds is 6. The van der Waals surface area contributed by atoms with Crippen molar-refractivity contribution in [2.45, 2.75) is 6.42 Å². The number of nitrogens with one attached hydrogen (secondary N) is 1. The second-order valence-electron chi connectivity index (χ2n) is 6.72. The van der Waals surface area contributed by atoms with E-state index in [0.29, 0.717) is 33.9 Å². The Hall–Kier alpha value is -3.45. The number of methoxy groups -OCH3 is 1. The highest BCUT2D eigenvalue weighted by Crippen LogP contribution is 2.34. The fourth-order valence-corrected chi connectivity index (χ4v) is 4.19. The van der Waals surface area contributed by atoms with Crippen LogP contribution in [0.3, 0.4) is 0 Å². The first-order valence-electron chi connectivity index (χ1n) is 9.42. The lowest BCUT2D eigenvalue weighted by molar-refractivity contribution is 0.0959. The van der Waals surface area contributed by atoms with Gasteiger partial charge in [-0.3, -0.25) is 4.79 Å². The number of ether oxygens (including phenoxy) is 1. The number of anilines is 1. The summed E-state index contributed by atoms with van der Waals surface area (Å²) in [6.07, 6.45) is 0.406. The van der Waals surface area contributed by atoms with Gasteiger partial charge in [-0.25, -0.2) is 9.37 Å². The Labute approximate surface area is 177 Å². The molecule has 0 radical (unpaired) electrons. The molecule has 0 bridgehead atoms. The SMILES string of the molecule is COc1ccc(-c2ccc3c(N)c(C(=O)NCCc4ccccc4F)sc3n2)cc1. The van der Waals surface area contributed by atoms with Gasteiger partial charge in [-0.2, -0.15) is 0 Å². The van der Waals surface area contributed by atoms with E-state index in [0.717, 1.165) is 22.4 Å². The van der Waals surface area contributed by atoms with Crippen LogP contribution in [0.25, 0.3) is 21.5 Å². The van der Waals surface area contributed by atoms with Gasteiger partial charge in [0.25, 0.3) is 5.91 Å². The molecule has 0 atom stereocenters. The molecule has 5 nitrogen and oxygen atoms in total. The van der Waals surface area contributed by atoms with Crippen molar-refractivity contribution in [2.75, 3.05) is 19.4 Å². The quantitative estimate of drug-likeness (QED) is 0.474. The minimum absolute atomic E-state index is 0.275. The maximum absolute atomic E-state index is 13.7. The van der Waals surface area contributed by atoms with Crippen molar-refractivity contribution in [3.63, 3.8) is 0 Å². The second-order valence-corrected chi connectivity index (χ2v) is 7.72. The maximum Gasteiger partial charge on any atom is 0.263 e. The lowest BCUT2D eigenvalue weighted by atomic mass is 10.1. The van der Waals surface area contributed by atoms with Crippen LogP contribution in [-0.2, 0) is 6.42 Å². The zero-order valence-electron chi connectivity index (χ0n) is 16.3. The summed E-state index contributed by atoms with van der Waals surface area (Å²) in [5, 5.41) is 3.57. The van der Waals surface area contributed by atoms with Crippen LogP contribution in [0.2, 0.25) is 0 Å². The number of carbonyl (C=O) groups is 1. The van der Waals surface area contributed by atoms with E-state index in [4.69, 9.17) is 10.5 Å². The van der Waals surface area contributed by atoms with Crippen molar-refractivity contribution >= 4 is 33.1 Å². The molecule has 0 aliphatic heterocycles. The van der Waals surface area contributed by atoms with Crippen LogP contribution in [-0.4, -0.2) is 24.5 Å². The van der Waals surface area contributed by atoms with Gasteiger partial charge in [0.2, 0.25) is 0 Å². The van der Waals surface area contributed by atoms with Crippen molar-refractivity contribution < 1.29 is 13.9 Å². The highest BCUT2D eigenvalue weighted by atomic mass is 32.1. The molecule has 2 aromatic carbocycles. The fraction of sp³-hybridized carbons (Fsp3) is 0.130. The normalized spacial score (nSPS) is 10.9. The van der Waals surface area contributed by atoms with E-state index in [1.165, 1.54) is 17.4 Å². The van der Waals surface area contributed by atoms with Gasteiger partial charge in [-0.15, -0.1) is 11.3 Å². The Balaban J connectivity index is 1.52. The van der Waals surface area contributed by atoms with Gasteiger partial charge in [0.15, 0.2) is 0 Å². The van der Waals surface area contributed by atoms with Gasteiger partial charge in [-0.05, 0) is 54.4 Å². The zero-order valence-corrected chi connectivity index (χ0v) is 17.1. The molecule has 0 unspecified atom stereocenters. The molecule has 4 aromatic rings. The fourth-order valence-electron chi connectivity index (χ4n) is 3.18. The molecule has 2 aromatic heterocycles. The third-order valence-corrected chi connectivity index (χ3v) is 5.94. The van der Waals surface area contributed by atoms with Gasteiger partial charge < -0.3 is 15.8 Å². The van der Waals surface area contributed by atoms with Crippen LogP contribution in [0.15, 0.2) is 60.7 Å². The Kier molecular flexibility index (Phi) is 5.63. The summed E-state index contributed by atoms with van der Waals surface area (Å²) < 4.78 is 18.9. The molecule has 30 heavy (non-hydrogen) atoms. The van der Waals surface area contributed by atoms with E-state index in [1.807, 2.05) is 36.4 Å². The van der Waals surface area contributed by atoms with Crippen LogP contribution in [0.5, 0.6) is 5.75 Å². The summed E-state index contributed by atoms with van der Waals surface area (Å²) in [6.45, 7) is 0.317. The molecule has 3 N–H and O–H groups in total. The van der Waals surface area contributed by atoms with Crippen LogP contribution in [0.1, 0.15) is 15.2 Å². The molecule has 152 valence electrons. The van der Waals surface area contributed by atoms with Crippen LogP contribution >= 0.6 is 11.3 Å². The Bertz CT molecular complexity index is 1210. The average Bonchev–Trinajstić information content (AvgIpc) is 3.11. The number of thiophene rings is 1. The lowest BCUT2D eigenvalue weighted by Gasteiger charge is -2.05. The molecular formula is C23H20FN3O2S. The average molecular weight is 421 g/mol. The number of halogens is 1. The molecule has 0 fully saturated rings. The first-order chi connectivity index (χ1) is 14.6. The van der Waals surface area contributed by atoms with Crippen LogP contribution in [0.4, 0.5) is 10.1 Å². The molecule has 0 saturated heterocycles. The minimum atomic E-state index is -0.280. The van der Waals surface area contributed by atoms with E-state index in [2.05, 4.69) is 10.3 Å². The number of aromatic nitrogens is 1. The molecule has 0 spiro atoms. The lowest BCUT2D eigenvalue weighted by Crippen LogP contribution is -2.25. The minimum Gasteiger partial charge on any atom is -0.497 e. The van der Waals surface area contributed by atoms with E-state index in [1.54, 1.807) is 25.3 Å². The zero-order chi connectivity index (χ0) is 21.1. The maximum atomic E-state index is 13.7. The van der Waals surface area contributed by atoms with Gasteiger partial charge >= 0.3 is 0 Å². The summed E-state index contributed by atoms with van der Waals surface area (Å²) in [6, 6.07) is 17.9. The number of nitrogens with zero attached hydrogens (tertiary/aromatic N) is 1. The molecule has 0 aliphatic carbocycles. The Morgan fingerprint density at radius 2 is 1.90 bits per heavy atom. The van der Waals surface area contributed by atoms with Crippen molar-refractivity contribution in [1.82, 2.24) is 10.3 Å². The summed E-state index contributed by atoms with van der Waals surface area (Å²) in [5.41, 5.74) is 8.91. The number of hydrogen-bond donors (Lipinski definition) is 2. The number of carbonyl (C=O) groups excluding carboxylic acids is 1. The van der Waals surface area contributed by atoms with Crippen molar-refractivity contribution in [1.29, 1.82) is 0 Å². The largest absolute Gasteiger partial charge is 0.497 e. The second kappa shape index (κ2) is 8.51. The molecule has 1 amide bonds. The highest BCUT2D eigenvalue weighted by Gasteiger charge is 2.17. The number of amides is 1. The molecule has 0 aliphatic rings. The smallest absolute Gasteiger partial charge is 0.263 e. The highest BCUT2D eigenvalue weighted by molar-refractivity contribution is 7.21. The van der Waals surface area contributed by atoms with Crippen LogP contribution < -0.4 is 15.8 Å². The van der Waals surface area contributed by atoms with Crippen molar-refractivity contribution in [3.8, 4) is 17.0 Å². The third kappa shape index (κ3) is 3.97. The number of hydrogen-bond acceptors (Lipinski definition) is 5. The Morgan fingerprint density at radius 3 is 2.63 bits per heavy atom. The summed E-state index contributed by atoms with van der Waals surface area (Å²) >= 11 is 1.25. The van der Waals surface area contributed by atoms with Gasteiger partial charge in [0, 0.05) is 17.5 Å². The summed E-state index contributed by atoms with van der Waals surface area (Å²) in [4.78, 5) is 18.4. The van der Waals surface area contributed by atoms with E-state index in [-0.39, 0.29) is 11.7 Å². The van der Waals surface area contributed by atoms with Crippen molar-refractivity contribution in [2.24, 2.45) is 0 Å². The third-order valence-electron chi connectivity index (χ3n) is 4.82. The first kappa shape index (κ1) is 19.8. The van der Waals surface area contributed by atoms with E-state index in [9.17, 15) is 9.18 Å². The van der Waals surface area contributed by atoms with Gasteiger partial charge in [0.1, 0.15) is 21.3 Å². The Morgan fingerprint density at radius 1 is 1.13 bits per heavy atom. The summed E-state index contributed by atoms with van der Waals surface area (Å²) in [7, 11) is 1.62. The monoisotopic (exact) mass is 421 g/mol. The van der Waals surface area contributed by atoms with Gasteiger partial charge in [0.05, 0.1) is 18.5 Å².